The third kappa shape index (κ3) is 7.61. The maximum absolute atomic E-state index is 14.8. The first-order valence-corrected chi connectivity index (χ1v) is 17.3. The van der Waals surface area contributed by atoms with Crippen LogP contribution >= 0.6 is 34.8 Å². The van der Waals surface area contributed by atoms with Gasteiger partial charge in [-0.3, -0.25) is 19.3 Å². The van der Waals surface area contributed by atoms with Gasteiger partial charge in [0, 0.05) is 42.7 Å². The molecular weight excluding hydrogens is 731 g/mol. The van der Waals surface area contributed by atoms with Crippen molar-refractivity contribution in [1.82, 2.24) is 9.80 Å². The number of carbonyl (C=O) groups is 4. The number of esters is 2. The SMILES string of the molecule is C=C1C2c3c(cc(C)c(OC)c3OCCCC)CC(C(=O)N1C(COC(C)=O)c1cc(OC(C)=O)c(C)c3c1OCO3)N2C(=O)OCC(Cl)(Cl)Cl. The minimum atomic E-state index is -1.93. The molecule has 0 radical (unpaired) electrons. The smallest absolute Gasteiger partial charge is 0.411 e. The highest BCUT2D eigenvalue weighted by Gasteiger charge is 2.54. The Kier molecular flexibility index (Phi) is 11.4. The van der Waals surface area contributed by atoms with E-state index in [1.165, 1.54) is 36.8 Å². The van der Waals surface area contributed by atoms with Crippen molar-refractivity contribution >= 4 is 58.7 Å². The Bertz CT molecular complexity index is 1760. The summed E-state index contributed by atoms with van der Waals surface area (Å²) >= 11 is 17.8. The molecule has 51 heavy (non-hydrogen) atoms. The summed E-state index contributed by atoms with van der Waals surface area (Å²) in [5, 5.41) is 0. The van der Waals surface area contributed by atoms with Gasteiger partial charge in [-0.15, -0.1) is 0 Å². The quantitative estimate of drug-likeness (QED) is 0.106. The molecule has 3 unspecified atom stereocenters. The van der Waals surface area contributed by atoms with Gasteiger partial charge < -0.3 is 38.1 Å². The fraction of sp³-hybridized carbons (Fsp3) is 0.486. The molecule has 1 saturated heterocycles. The molecule has 3 atom stereocenters. The van der Waals surface area contributed by atoms with Crippen molar-refractivity contribution in [3.05, 3.63) is 52.2 Å². The summed E-state index contributed by atoms with van der Waals surface area (Å²) < 4.78 is 38.4. The van der Waals surface area contributed by atoms with Crippen molar-refractivity contribution in [2.24, 2.45) is 0 Å². The number of alkyl halides is 3. The summed E-state index contributed by atoms with van der Waals surface area (Å²) in [7, 11) is 1.52. The van der Waals surface area contributed by atoms with Crippen molar-refractivity contribution in [2.45, 2.75) is 75.8 Å². The van der Waals surface area contributed by atoms with E-state index in [-0.39, 0.29) is 37.0 Å². The molecule has 0 spiro atoms. The van der Waals surface area contributed by atoms with Crippen molar-refractivity contribution in [1.29, 1.82) is 0 Å². The van der Waals surface area contributed by atoms with Crippen molar-refractivity contribution in [2.75, 3.05) is 33.7 Å². The molecule has 0 aliphatic carbocycles. The van der Waals surface area contributed by atoms with Gasteiger partial charge in [-0.2, -0.15) is 0 Å². The molecule has 5 rings (SSSR count). The lowest BCUT2D eigenvalue weighted by molar-refractivity contribution is -0.150. The van der Waals surface area contributed by atoms with Crippen LogP contribution in [0.5, 0.6) is 28.7 Å². The van der Waals surface area contributed by atoms with Crippen molar-refractivity contribution in [3.63, 3.8) is 0 Å². The van der Waals surface area contributed by atoms with Gasteiger partial charge in [0.15, 0.2) is 23.0 Å². The number of methoxy groups -OCH3 is 1. The average Bonchev–Trinajstić information content (AvgIpc) is 3.55. The van der Waals surface area contributed by atoms with Crippen LogP contribution in [0.3, 0.4) is 0 Å². The largest absolute Gasteiger partial charge is 0.493 e. The maximum atomic E-state index is 14.8. The zero-order valence-electron chi connectivity index (χ0n) is 29.1. The number of unbranched alkanes of at least 4 members (excludes halogenated alkanes) is 1. The van der Waals surface area contributed by atoms with Gasteiger partial charge in [0.2, 0.25) is 10.6 Å². The second kappa shape index (κ2) is 15.3. The standard InChI is InChI=1S/C35H39Cl3N2O11/c1-8-9-10-46-32-27-22(11-17(2)29(32)45-7)12-24-33(43)39(19(4)28(27)40(24)34(44)48-15-35(36,37)38)25(14-47-20(5)41)23-13-26(51-21(6)42)18(3)30-31(23)50-16-49-30/h11,13,24-25,28H,4,8-10,12,14-16H2,1-3,5-7H3. The maximum Gasteiger partial charge on any atom is 0.411 e. The molecule has 0 saturated carbocycles. The predicted octanol–water partition coefficient (Wildman–Crippen LogP) is 6.58. The van der Waals surface area contributed by atoms with E-state index in [9.17, 15) is 19.2 Å². The molecule has 276 valence electrons. The molecule has 0 aromatic heterocycles. The number of carbonyl (C=O) groups excluding carboxylic acids is 4. The van der Waals surface area contributed by atoms with Crippen LogP contribution in [0.1, 0.15) is 73.5 Å². The number of aryl methyl sites for hydroxylation is 1. The van der Waals surface area contributed by atoms with E-state index < -0.39 is 52.5 Å². The Labute approximate surface area is 310 Å². The number of ether oxygens (including phenoxy) is 7. The van der Waals surface area contributed by atoms with E-state index in [1.54, 1.807) is 6.92 Å². The van der Waals surface area contributed by atoms with Crippen LogP contribution in [0.4, 0.5) is 4.79 Å². The van der Waals surface area contributed by atoms with E-state index in [4.69, 9.17) is 68.0 Å². The lowest BCUT2D eigenvalue weighted by Crippen LogP contribution is -2.62. The molecule has 2 aromatic carbocycles. The van der Waals surface area contributed by atoms with Gasteiger partial charge in [-0.05, 0) is 37.5 Å². The topological polar surface area (TPSA) is 139 Å². The highest BCUT2D eigenvalue weighted by Crippen LogP contribution is 2.54. The third-order valence-corrected chi connectivity index (χ3v) is 9.08. The molecule has 1 fully saturated rings. The lowest BCUT2D eigenvalue weighted by Gasteiger charge is -2.52. The Morgan fingerprint density at radius 3 is 2.39 bits per heavy atom. The normalized spacial score (nSPS) is 18.2. The van der Waals surface area contributed by atoms with E-state index in [0.29, 0.717) is 40.5 Å². The van der Waals surface area contributed by atoms with Crippen LogP contribution in [0.2, 0.25) is 0 Å². The van der Waals surface area contributed by atoms with E-state index in [0.717, 1.165) is 24.0 Å². The molecule has 3 aliphatic rings. The minimum absolute atomic E-state index is 0.0386. The first-order chi connectivity index (χ1) is 24.1. The Morgan fingerprint density at radius 1 is 1.06 bits per heavy atom. The number of nitrogens with zero attached hydrogens (tertiary/aromatic N) is 2. The number of hydrogen-bond acceptors (Lipinski definition) is 11. The molecule has 2 bridgehead atoms. The van der Waals surface area contributed by atoms with Crippen LogP contribution in [0, 0.1) is 13.8 Å². The number of amides is 2. The lowest BCUT2D eigenvalue weighted by atomic mass is 9.80. The highest BCUT2D eigenvalue weighted by atomic mass is 35.6. The Hall–Kier alpha value is -4.07. The fourth-order valence-electron chi connectivity index (χ4n) is 6.64. The average molecular weight is 770 g/mol. The number of piperazine rings is 1. The first kappa shape index (κ1) is 38.2. The first-order valence-electron chi connectivity index (χ1n) is 16.2. The number of benzene rings is 2. The summed E-state index contributed by atoms with van der Waals surface area (Å²) in [5.74, 6) is -0.261. The van der Waals surface area contributed by atoms with Crippen LogP contribution < -0.4 is 23.7 Å². The van der Waals surface area contributed by atoms with Crippen LogP contribution in [-0.4, -0.2) is 77.3 Å². The molecule has 2 amide bonds. The third-order valence-electron chi connectivity index (χ3n) is 8.75. The van der Waals surface area contributed by atoms with Crippen LogP contribution in [-0.2, 0) is 30.3 Å². The van der Waals surface area contributed by atoms with Gasteiger partial charge in [0.25, 0.3) is 5.91 Å². The summed E-state index contributed by atoms with van der Waals surface area (Å²) in [6.45, 7) is 11.7. The van der Waals surface area contributed by atoms with Gasteiger partial charge in [-0.25, -0.2) is 4.79 Å². The monoisotopic (exact) mass is 768 g/mol. The van der Waals surface area contributed by atoms with Gasteiger partial charge in [0.05, 0.1) is 19.8 Å². The zero-order valence-corrected chi connectivity index (χ0v) is 31.3. The number of hydrogen-bond donors (Lipinski definition) is 0. The Morgan fingerprint density at radius 2 is 1.76 bits per heavy atom. The number of halogens is 3. The summed E-state index contributed by atoms with van der Waals surface area (Å²) in [6.07, 6.45) is 0.690. The molecular formula is C35H39Cl3N2O11. The van der Waals surface area contributed by atoms with Gasteiger partial charge in [-0.1, -0.05) is 60.8 Å². The van der Waals surface area contributed by atoms with Crippen molar-refractivity contribution < 1.29 is 52.3 Å². The minimum Gasteiger partial charge on any atom is -0.493 e. The second-order valence-electron chi connectivity index (χ2n) is 12.3. The number of fused-ring (bicyclic) bond motifs is 5. The molecule has 3 heterocycles. The molecule has 2 aromatic rings. The van der Waals surface area contributed by atoms with E-state index in [2.05, 4.69) is 6.58 Å². The number of rotatable bonds is 11. The molecule has 0 N–H and O–H groups in total. The molecule has 16 heteroatoms. The highest BCUT2D eigenvalue weighted by molar-refractivity contribution is 6.67. The van der Waals surface area contributed by atoms with Gasteiger partial charge >= 0.3 is 18.0 Å². The van der Waals surface area contributed by atoms with E-state index >= 15 is 0 Å². The van der Waals surface area contributed by atoms with Crippen molar-refractivity contribution in [3.8, 4) is 28.7 Å². The molecule has 13 nitrogen and oxygen atoms in total. The van der Waals surface area contributed by atoms with Crippen LogP contribution in [0.15, 0.2) is 24.4 Å². The van der Waals surface area contributed by atoms with E-state index in [1.807, 2.05) is 19.9 Å². The Balaban J connectivity index is 1.73. The fourth-order valence-corrected chi connectivity index (χ4v) is 6.80. The summed E-state index contributed by atoms with van der Waals surface area (Å²) in [5.41, 5.74) is 2.93. The summed E-state index contributed by atoms with van der Waals surface area (Å²) in [6, 6.07) is 0.100. The zero-order chi connectivity index (χ0) is 37.4. The second-order valence-corrected chi connectivity index (χ2v) is 14.8. The van der Waals surface area contributed by atoms with Crippen LogP contribution in [0.25, 0.3) is 0 Å². The van der Waals surface area contributed by atoms with Gasteiger partial charge in [0.1, 0.15) is 31.0 Å². The molecule has 3 aliphatic heterocycles. The predicted molar refractivity (Wildman–Crippen MR) is 186 cm³/mol. The summed E-state index contributed by atoms with van der Waals surface area (Å²) in [4.78, 5) is 55.8.